The van der Waals surface area contributed by atoms with Gasteiger partial charge in [-0.25, -0.2) is 9.50 Å². The SMILES string of the molecule is NC(=O)c1ccc(-c2ccc(CN3CCCC3)cc2)n2n[c]nc12. The molecule has 4 rings (SSSR count). The van der Waals surface area contributed by atoms with Gasteiger partial charge in [-0.2, -0.15) is 0 Å². The normalized spacial score (nSPS) is 15.2. The summed E-state index contributed by atoms with van der Waals surface area (Å²) in [7, 11) is 0. The van der Waals surface area contributed by atoms with Gasteiger partial charge in [-0.05, 0) is 43.6 Å². The number of amides is 1. The summed E-state index contributed by atoms with van der Waals surface area (Å²) >= 11 is 0. The summed E-state index contributed by atoms with van der Waals surface area (Å²) in [6.07, 6.45) is 5.14. The van der Waals surface area contributed by atoms with Crippen molar-refractivity contribution in [1.29, 1.82) is 0 Å². The van der Waals surface area contributed by atoms with Crippen LogP contribution in [-0.2, 0) is 6.54 Å². The lowest BCUT2D eigenvalue weighted by Crippen LogP contribution is -2.18. The molecule has 0 saturated carbocycles. The Kier molecular flexibility index (Phi) is 3.74. The standard InChI is InChI=1S/C18H18N5O/c19-17(24)15-7-8-16(23-18(15)20-12-21-23)14-5-3-13(4-6-14)11-22-9-1-2-10-22/h3-8H,1-2,9-11H2,(H2,19,24). The lowest BCUT2D eigenvalue weighted by molar-refractivity contribution is 0.100. The van der Waals surface area contributed by atoms with E-state index in [1.807, 2.05) is 6.07 Å². The highest BCUT2D eigenvalue weighted by molar-refractivity contribution is 5.99. The van der Waals surface area contributed by atoms with Gasteiger partial charge in [-0.15, -0.1) is 5.10 Å². The van der Waals surface area contributed by atoms with Gasteiger partial charge in [0.05, 0.1) is 11.3 Å². The van der Waals surface area contributed by atoms with E-state index in [0.29, 0.717) is 11.2 Å². The number of aromatic nitrogens is 3. The first-order valence-electron chi connectivity index (χ1n) is 8.10. The Bertz CT molecular complexity index is 878. The molecule has 3 heterocycles. The zero-order chi connectivity index (χ0) is 16.5. The molecule has 1 aliphatic heterocycles. The first-order valence-corrected chi connectivity index (χ1v) is 8.10. The lowest BCUT2D eigenvalue weighted by Gasteiger charge is -2.15. The van der Waals surface area contributed by atoms with E-state index < -0.39 is 5.91 Å². The number of carbonyl (C=O) groups excluding carboxylic acids is 1. The largest absolute Gasteiger partial charge is 0.365 e. The van der Waals surface area contributed by atoms with Crippen molar-refractivity contribution in [2.45, 2.75) is 19.4 Å². The van der Waals surface area contributed by atoms with E-state index in [-0.39, 0.29) is 0 Å². The van der Waals surface area contributed by atoms with Crippen molar-refractivity contribution in [1.82, 2.24) is 19.5 Å². The monoisotopic (exact) mass is 320 g/mol. The average molecular weight is 320 g/mol. The van der Waals surface area contributed by atoms with Crippen LogP contribution in [0.1, 0.15) is 28.8 Å². The fourth-order valence-electron chi connectivity index (χ4n) is 3.25. The highest BCUT2D eigenvalue weighted by Gasteiger charge is 2.14. The summed E-state index contributed by atoms with van der Waals surface area (Å²) in [5.41, 5.74) is 9.34. The van der Waals surface area contributed by atoms with E-state index in [1.54, 1.807) is 10.6 Å². The van der Waals surface area contributed by atoms with E-state index in [4.69, 9.17) is 5.73 Å². The van der Waals surface area contributed by atoms with Crippen molar-refractivity contribution in [3.63, 3.8) is 0 Å². The number of primary amides is 1. The molecule has 1 aliphatic rings. The van der Waals surface area contributed by atoms with Crippen LogP contribution in [0.3, 0.4) is 0 Å². The summed E-state index contributed by atoms with van der Waals surface area (Å²) in [4.78, 5) is 18.0. The Balaban J connectivity index is 1.66. The van der Waals surface area contributed by atoms with E-state index in [9.17, 15) is 4.79 Å². The summed E-state index contributed by atoms with van der Waals surface area (Å²) in [6, 6.07) is 12.0. The summed E-state index contributed by atoms with van der Waals surface area (Å²) < 4.78 is 1.61. The Morgan fingerprint density at radius 3 is 2.58 bits per heavy atom. The number of fused-ring (bicyclic) bond motifs is 1. The van der Waals surface area contributed by atoms with Crippen LogP contribution in [0.4, 0.5) is 0 Å². The number of likely N-dealkylation sites (tertiary alicyclic amines) is 1. The molecule has 121 valence electrons. The highest BCUT2D eigenvalue weighted by atomic mass is 16.1. The Morgan fingerprint density at radius 2 is 1.88 bits per heavy atom. The van der Waals surface area contributed by atoms with Gasteiger partial charge in [0.15, 0.2) is 5.65 Å². The Labute approximate surface area is 139 Å². The number of nitrogens with zero attached hydrogens (tertiary/aromatic N) is 4. The molecule has 6 nitrogen and oxygen atoms in total. The average Bonchev–Trinajstić information content (AvgIpc) is 3.26. The molecule has 0 aliphatic carbocycles. The fraction of sp³-hybridized carbons (Fsp3) is 0.278. The van der Waals surface area contributed by atoms with Crippen molar-refractivity contribution in [3.05, 3.63) is 53.9 Å². The van der Waals surface area contributed by atoms with Gasteiger partial charge in [-0.1, -0.05) is 24.3 Å². The number of pyridine rings is 1. The molecule has 1 radical (unpaired) electrons. The molecule has 6 heteroatoms. The van der Waals surface area contributed by atoms with Crippen LogP contribution in [0.15, 0.2) is 36.4 Å². The maximum Gasteiger partial charge on any atom is 0.252 e. The smallest absolute Gasteiger partial charge is 0.252 e. The van der Waals surface area contributed by atoms with Crippen molar-refractivity contribution < 1.29 is 4.79 Å². The van der Waals surface area contributed by atoms with Crippen molar-refractivity contribution in [2.75, 3.05) is 13.1 Å². The van der Waals surface area contributed by atoms with Gasteiger partial charge in [0.1, 0.15) is 0 Å². The second-order valence-corrected chi connectivity index (χ2v) is 6.12. The number of rotatable bonds is 4. The second-order valence-electron chi connectivity index (χ2n) is 6.12. The van der Waals surface area contributed by atoms with Crippen LogP contribution in [0, 0.1) is 6.33 Å². The lowest BCUT2D eigenvalue weighted by atomic mass is 10.1. The predicted molar refractivity (Wildman–Crippen MR) is 90.3 cm³/mol. The van der Waals surface area contributed by atoms with E-state index in [0.717, 1.165) is 17.8 Å². The summed E-state index contributed by atoms with van der Waals surface area (Å²) in [5.74, 6) is -0.520. The number of hydrogen-bond donors (Lipinski definition) is 1. The van der Waals surface area contributed by atoms with E-state index in [2.05, 4.69) is 45.6 Å². The molecule has 0 spiro atoms. The van der Waals surface area contributed by atoms with E-state index in [1.165, 1.54) is 31.5 Å². The van der Waals surface area contributed by atoms with Crippen LogP contribution in [0.2, 0.25) is 0 Å². The number of benzene rings is 1. The summed E-state index contributed by atoms with van der Waals surface area (Å²) in [5, 5.41) is 4.11. The topological polar surface area (TPSA) is 76.5 Å². The predicted octanol–water partition coefficient (Wildman–Crippen LogP) is 1.89. The third kappa shape index (κ3) is 2.65. The zero-order valence-corrected chi connectivity index (χ0v) is 13.3. The van der Waals surface area contributed by atoms with Gasteiger partial charge in [0.25, 0.3) is 5.91 Å². The number of nitrogens with two attached hydrogens (primary N) is 1. The van der Waals surface area contributed by atoms with Crippen LogP contribution in [0.25, 0.3) is 16.9 Å². The van der Waals surface area contributed by atoms with Crippen molar-refractivity contribution in [2.24, 2.45) is 5.73 Å². The van der Waals surface area contributed by atoms with Gasteiger partial charge in [-0.3, -0.25) is 9.69 Å². The molecule has 1 aromatic carbocycles. The molecule has 1 saturated heterocycles. The molecule has 0 unspecified atom stereocenters. The molecule has 1 fully saturated rings. The van der Waals surface area contributed by atoms with E-state index >= 15 is 0 Å². The highest BCUT2D eigenvalue weighted by Crippen LogP contribution is 2.23. The molecule has 3 aromatic rings. The minimum Gasteiger partial charge on any atom is -0.365 e. The molecule has 2 aromatic heterocycles. The third-order valence-electron chi connectivity index (χ3n) is 4.50. The second kappa shape index (κ2) is 6.05. The van der Waals surface area contributed by atoms with Crippen LogP contribution < -0.4 is 5.73 Å². The maximum absolute atomic E-state index is 11.5. The van der Waals surface area contributed by atoms with Crippen LogP contribution >= 0.6 is 0 Å². The molecular weight excluding hydrogens is 302 g/mol. The Hall–Kier alpha value is -2.73. The molecule has 0 atom stereocenters. The molecule has 2 N–H and O–H groups in total. The fourth-order valence-corrected chi connectivity index (χ4v) is 3.25. The Morgan fingerprint density at radius 1 is 1.12 bits per heavy atom. The molecule has 24 heavy (non-hydrogen) atoms. The molecular formula is C18H18N5O. The minimum atomic E-state index is -0.520. The quantitative estimate of drug-likeness (QED) is 0.796. The maximum atomic E-state index is 11.5. The van der Waals surface area contributed by atoms with Gasteiger partial charge >= 0.3 is 0 Å². The minimum absolute atomic E-state index is 0.346. The van der Waals surface area contributed by atoms with Gasteiger partial charge in [0.2, 0.25) is 6.33 Å². The van der Waals surface area contributed by atoms with Gasteiger partial charge < -0.3 is 5.73 Å². The number of hydrogen-bond acceptors (Lipinski definition) is 4. The van der Waals surface area contributed by atoms with Crippen LogP contribution in [-0.4, -0.2) is 38.5 Å². The van der Waals surface area contributed by atoms with Gasteiger partial charge in [0, 0.05) is 12.1 Å². The van der Waals surface area contributed by atoms with Crippen molar-refractivity contribution >= 4 is 11.6 Å². The third-order valence-corrected chi connectivity index (χ3v) is 4.50. The summed E-state index contributed by atoms with van der Waals surface area (Å²) in [6.45, 7) is 3.37. The molecule has 0 bridgehead atoms. The molecule has 1 amide bonds. The zero-order valence-electron chi connectivity index (χ0n) is 13.3. The number of carbonyl (C=O) groups is 1. The van der Waals surface area contributed by atoms with Crippen molar-refractivity contribution in [3.8, 4) is 11.3 Å². The van der Waals surface area contributed by atoms with Crippen LogP contribution in [0.5, 0.6) is 0 Å². The first kappa shape index (κ1) is 14.8. The first-order chi connectivity index (χ1) is 11.7.